The van der Waals surface area contributed by atoms with Gasteiger partial charge in [-0.25, -0.2) is 4.98 Å². The summed E-state index contributed by atoms with van der Waals surface area (Å²) in [6.07, 6.45) is 3.61. The number of ether oxygens (including phenoxy) is 1. The average Bonchev–Trinajstić information content (AvgIpc) is 2.38. The summed E-state index contributed by atoms with van der Waals surface area (Å²) in [5.74, 6) is 0.891. The van der Waals surface area contributed by atoms with Crippen LogP contribution in [0.25, 0.3) is 0 Å². The summed E-state index contributed by atoms with van der Waals surface area (Å²) in [4.78, 5) is 7.04. The molecule has 1 atom stereocenters. The maximum absolute atomic E-state index is 5.29. The molecule has 1 aromatic heterocycles. The predicted molar refractivity (Wildman–Crippen MR) is 38.6 cm³/mol. The number of aromatic amines is 1. The first kappa shape index (κ1) is 7.28. The minimum Gasteiger partial charge on any atom is -0.371 e. The molecule has 0 fully saturated rings. The largest absolute Gasteiger partial charge is 0.371 e. The van der Waals surface area contributed by atoms with Crippen molar-refractivity contribution in [2.75, 3.05) is 6.61 Å². The van der Waals surface area contributed by atoms with E-state index in [1.165, 1.54) is 0 Å². The van der Waals surface area contributed by atoms with Crippen LogP contribution in [0.4, 0.5) is 0 Å². The van der Waals surface area contributed by atoms with Crippen molar-refractivity contribution in [2.45, 2.75) is 20.0 Å². The van der Waals surface area contributed by atoms with Crippen LogP contribution in [0.2, 0.25) is 0 Å². The van der Waals surface area contributed by atoms with Crippen molar-refractivity contribution < 1.29 is 4.74 Å². The smallest absolute Gasteiger partial charge is 0.134 e. The van der Waals surface area contributed by atoms with Gasteiger partial charge in [-0.1, -0.05) is 0 Å². The van der Waals surface area contributed by atoms with E-state index in [2.05, 4.69) is 9.97 Å². The van der Waals surface area contributed by atoms with Gasteiger partial charge >= 0.3 is 0 Å². The Kier molecular flexibility index (Phi) is 2.45. The summed E-state index contributed by atoms with van der Waals surface area (Å²) < 4.78 is 5.29. The van der Waals surface area contributed by atoms with Crippen molar-refractivity contribution in [1.29, 1.82) is 0 Å². The molecule has 0 saturated heterocycles. The third-order valence-electron chi connectivity index (χ3n) is 1.32. The van der Waals surface area contributed by atoms with Crippen molar-refractivity contribution in [2.24, 2.45) is 0 Å². The van der Waals surface area contributed by atoms with Crippen LogP contribution in [0.15, 0.2) is 12.4 Å². The SMILES string of the molecule is CCO[C@H](C)c1ncc[nH]1. The summed E-state index contributed by atoms with van der Waals surface area (Å²) in [6, 6.07) is 0. The van der Waals surface area contributed by atoms with E-state index in [0.717, 1.165) is 12.4 Å². The van der Waals surface area contributed by atoms with Crippen LogP contribution in [-0.4, -0.2) is 16.6 Å². The Bertz CT molecular complexity index is 172. The highest BCUT2D eigenvalue weighted by Gasteiger charge is 2.04. The maximum Gasteiger partial charge on any atom is 0.134 e. The van der Waals surface area contributed by atoms with Gasteiger partial charge in [0.25, 0.3) is 0 Å². The molecule has 1 heterocycles. The first-order valence-corrected chi connectivity index (χ1v) is 3.45. The number of nitrogens with one attached hydrogen (secondary N) is 1. The summed E-state index contributed by atoms with van der Waals surface area (Å²) in [7, 11) is 0. The van der Waals surface area contributed by atoms with Gasteiger partial charge in [0.05, 0.1) is 0 Å². The number of hydrogen-bond acceptors (Lipinski definition) is 2. The number of rotatable bonds is 3. The lowest BCUT2D eigenvalue weighted by molar-refractivity contribution is 0.0707. The first-order valence-electron chi connectivity index (χ1n) is 3.45. The van der Waals surface area contributed by atoms with E-state index >= 15 is 0 Å². The van der Waals surface area contributed by atoms with Crippen LogP contribution in [0.5, 0.6) is 0 Å². The van der Waals surface area contributed by atoms with Crippen LogP contribution < -0.4 is 0 Å². The van der Waals surface area contributed by atoms with Crippen LogP contribution in [0.3, 0.4) is 0 Å². The lowest BCUT2D eigenvalue weighted by Crippen LogP contribution is -2.00. The van der Waals surface area contributed by atoms with Crippen molar-refractivity contribution in [1.82, 2.24) is 9.97 Å². The highest BCUT2D eigenvalue weighted by molar-refractivity contribution is 4.90. The Hall–Kier alpha value is -0.830. The second-order valence-electron chi connectivity index (χ2n) is 2.07. The quantitative estimate of drug-likeness (QED) is 0.691. The fourth-order valence-electron chi connectivity index (χ4n) is 0.829. The Labute approximate surface area is 60.4 Å². The van der Waals surface area contributed by atoms with E-state index in [9.17, 15) is 0 Å². The van der Waals surface area contributed by atoms with Gasteiger partial charge in [-0.15, -0.1) is 0 Å². The van der Waals surface area contributed by atoms with Gasteiger partial charge in [0.15, 0.2) is 0 Å². The molecule has 0 aliphatic rings. The van der Waals surface area contributed by atoms with E-state index in [4.69, 9.17) is 4.74 Å². The van der Waals surface area contributed by atoms with Gasteiger partial charge in [-0.3, -0.25) is 0 Å². The summed E-state index contributed by atoms with van der Waals surface area (Å²) >= 11 is 0. The van der Waals surface area contributed by atoms with E-state index in [0.29, 0.717) is 0 Å². The number of nitrogens with zero attached hydrogens (tertiary/aromatic N) is 1. The van der Waals surface area contributed by atoms with Crippen LogP contribution in [0, 0.1) is 0 Å². The van der Waals surface area contributed by atoms with E-state index in [1.807, 2.05) is 13.8 Å². The van der Waals surface area contributed by atoms with E-state index in [-0.39, 0.29) is 6.10 Å². The zero-order chi connectivity index (χ0) is 7.40. The molecule has 0 radical (unpaired) electrons. The van der Waals surface area contributed by atoms with Crippen molar-refractivity contribution in [3.05, 3.63) is 18.2 Å². The Balaban J connectivity index is 2.50. The summed E-state index contributed by atoms with van der Waals surface area (Å²) in [5.41, 5.74) is 0. The molecule has 0 saturated carbocycles. The Morgan fingerprint density at radius 3 is 3.10 bits per heavy atom. The maximum atomic E-state index is 5.29. The molecule has 0 aliphatic heterocycles. The molecule has 56 valence electrons. The van der Waals surface area contributed by atoms with E-state index < -0.39 is 0 Å². The molecule has 10 heavy (non-hydrogen) atoms. The molecular weight excluding hydrogens is 128 g/mol. The number of aromatic nitrogens is 2. The molecule has 0 bridgehead atoms. The molecule has 0 aliphatic carbocycles. The number of hydrogen-bond donors (Lipinski definition) is 1. The fourth-order valence-corrected chi connectivity index (χ4v) is 0.829. The van der Waals surface area contributed by atoms with Crippen molar-refractivity contribution in [3.8, 4) is 0 Å². The monoisotopic (exact) mass is 140 g/mol. The molecule has 1 rings (SSSR count). The first-order chi connectivity index (χ1) is 4.84. The molecule has 3 nitrogen and oxygen atoms in total. The van der Waals surface area contributed by atoms with Crippen LogP contribution in [0.1, 0.15) is 25.8 Å². The normalized spacial score (nSPS) is 13.4. The van der Waals surface area contributed by atoms with Crippen LogP contribution >= 0.6 is 0 Å². The third kappa shape index (κ3) is 1.57. The summed E-state index contributed by atoms with van der Waals surface area (Å²) in [6.45, 7) is 4.67. The molecule has 3 heteroatoms. The molecule has 0 aromatic carbocycles. The zero-order valence-corrected chi connectivity index (χ0v) is 6.29. The minimum absolute atomic E-state index is 0.0833. The van der Waals surface area contributed by atoms with E-state index in [1.54, 1.807) is 12.4 Å². The second-order valence-corrected chi connectivity index (χ2v) is 2.07. The van der Waals surface area contributed by atoms with Gasteiger partial charge < -0.3 is 9.72 Å². The Morgan fingerprint density at radius 1 is 1.80 bits per heavy atom. The summed E-state index contributed by atoms with van der Waals surface area (Å²) in [5, 5.41) is 0. The van der Waals surface area contributed by atoms with Gasteiger partial charge in [0.1, 0.15) is 11.9 Å². The van der Waals surface area contributed by atoms with Gasteiger partial charge in [-0.05, 0) is 13.8 Å². The molecule has 0 amide bonds. The van der Waals surface area contributed by atoms with Gasteiger partial charge in [0, 0.05) is 19.0 Å². The highest BCUT2D eigenvalue weighted by atomic mass is 16.5. The molecular formula is C7H12N2O. The topological polar surface area (TPSA) is 37.9 Å². The fraction of sp³-hybridized carbons (Fsp3) is 0.571. The van der Waals surface area contributed by atoms with Crippen LogP contribution in [-0.2, 0) is 4.74 Å². The third-order valence-corrected chi connectivity index (χ3v) is 1.32. The minimum atomic E-state index is 0.0833. The molecule has 1 N–H and O–H groups in total. The molecule has 1 aromatic rings. The van der Waals surface area contributed by atoms with Crippen molar-refractivity contribution in [3.63, 3.8) is 0 Å². The van der Waals surface area contributed by atoms with Gasteiger partial charge in [0.2, 0.25) is 0 Å². The highest BCUT2D eigenvalue weighted by Crippen LogP contribution is 2.09. The van der Waals surface area contributed by atoms with Gasteiger partial charge in [-0.2, -0.15) is 0 Å². The lowest BCUT2D eigenvalue weighted by atomic mass is 10.4. The van der Waals surface area contributed by atoms with Crippen molar-refractivity contribution >= 4 is 0 Å². The number of imidazole rings is 1. The zero-order valence-electron chi connectivity index (χ0n) is 6.29. The molecule has 0 spiro atoms. The standard InChI is InChI=1S/C7H12N2O/c1-3-10-6(2)7-8-4-5-9-7/h4-6H,3H2,1-2H3,(H,8,9)/t6-/m1/s1. The predicted octanol–water partition coefficient (Wildman–Crippen LogP) is 1.51. The Morgan fingerprint density at radius 2 is 2.60 bits per heavy atom. The number of H-pyrrole nitrogens is 1. The average molecular weight is 140 g/mol. The second kappa shape index (κ2) is 3.37. The molecule has 0 unspecified atom stereocenters. The lowest BCUT2D eigenvalue weighted by Gasteiger charge is -2.06.